The Labute approximate surface area is 91.1 Å². The minimum atomic E-state index is -0.710. The van der Waals surface area contributed by atoms with E-state index in [-0.39, 0.29) is 11.8 Å². The fraction of sp³-hybridized carbons (Fsp3) is 0.364. The summed E-state index contributed by atoms with van der Waals surface area (Å²) in [5.74, 6) is -0.710. The monoisotopic (exact) mass is 254 g/mol. The summed E-state index contributed by atoms with van der Waals surface area (Å²) < 4.78 is 1.03. The molecule has 1 aromatic rings. The van der Waals surface area contributed by atoms with E-state index in [1.807, 2.05) is 24.3 Å². The molecule has 0 heterocycles. The Bertz CT molecular complexity index is 369. The van der Waals surface area contributed by atoms with Gasteiger partial charge in [0.25, 0.3) is 0 Å². The van der Waals surface area contributed by atoms with Crippen molar-refractivity contribution in [1.29, 1.82) is 0 Å². The Kier molecular flexibility index (Phi) is 2.35. The van der Waals surface area contributed by atoms with E-state index in [4.69, 9.17) is 5.11 Å². The van der Waals surface area contributed by atoms with Crippen LogP contribution in [0.4, 0.5) is 0 Å². The largest absolute Gasteiger partial charge is 0.481 e. The molecule has 1 aliphatic carbocycles. The van der Waals surface area contributed by atoms with Crippen LogP contribution in [0, 0.1) is 0 Å². The number of hydrogen-bond acceptors (Lipinski definition) is 1. The summed E-state index contributed by atoms with van der Waals surface area (Å²) in [6.45, 7) is 0. The highest BCUT2D eigenvalue weighted by Crippen LogP contribution is 2.52. The standard InChI is InChI=1S/C11H11BrO2/c12-9-4-2-1-3-8(9)11(5-6-11)7-10(13)14/h1-4H,5-7H2,(H,13,14). The van der Waals surface area contributed by atoms with Gasteiger partial charge in [-0.3, -0.25) is 4.79 Å². The molecule has 0 unspecified atom stereocenters. The number of halogens is 1. The van der Waals surface area contributed by atoms with Gasteiger partial charge in [-0.2, -0.15) is 0 Å². The molecule has 0 radical (unpaired) electrons. The third kappa shape index (κ3) is 1.69. The Morgan fingerprint density at radius 2 is 2.07 bits per heavy atom. The van der Waals surface area contributed by atoms with Crippen molar-refractivity contribution in [1.82, 2.24) is 0 Å². The maximum atomic E-state index is 10.7. The molecule has 0 spiro atoms. The van der Waals surface area contributed by atoms with Crippen LogP contribution in [0.15, 0.2) is 28.7 Å². The van der Waals surface area contributed by atoms with Crippen molar-refractivity contribution in [2.75, 3.05) is 0 Å². The average Bonchev–Trinajstić information content (AvgIpc) is 2.85. The fourth-order valence-corrected chi connectivity index (χ4v) is 2.58. The molecule has 0 amide bonds. The van der Waals surface area contributed by atoms with Gasteiger partial charge in [0, 0.05) is 9.89 Å². The highest BCUT2D eigenvalue weighted by Gasteiger charge is 2.46. The van der Waals surface area contributed by atoms with Crippen molar-refractivity contribution in [2.24, 2.45) is 0 Å². The van der Waals surface area contributed by atoms with Crippen LogP contribution in [0.3, 0.4) is 0 Å². The predicted octanol–water partition coefficient (Wildman–Crippen LogP) is 2.96. The number of aliphatic carboxylic acids is 1. The number of carboxylic acid groups (broad SMARTS) is 1. The highest BCUT2D eigenvalue weighted by molar-refractivity contribution is 9.10. The predicted molar refractivity (Wildman–Crippen MR) is 57.3 cm³/mol. The van der Waals surface area contributed by atoms with E-state index in [9.17, 15) is 4.79 Å². The number of benzene rings is 1. The van der Waals surface area contributed by atoms with Gasteiger partial charge in [0.1, 0.15) is 0 Å². The van der Waals surface area contributed by atoms with Crippen LogP contribution < -0.4 is 0 Å². The normalized spacial score (nSPS) is 17.8. The van der Waals surface area contributed by atoms with Crippen LogP contribution in [-0.2, 0) is 10.2 Å². The molecule has 0 saturated heterocycles. The summed E-state index contributed by atoms with van der Waals surface area (Å²) in [4.78, 5) is 10.7. The SMILES string of the molecule is O=C(O)CC1(c2ccccc2Br)CC1. The van der Waals surface area contributed by atoms with E-state index >= 15 is 0 Å². The summed E-state index contributed by atoms with van der Waals surface area (Å²) in [5, 5.41) is 8.83. The maximum Gasteiger partial charge on any atom is 0.304 e. The second-order valence-electron chi connectivity index (χ2n) is 3.83. The molecule has 74 valence electrons. The average molecular weight is 255 g/mol. The van der Waals surface area contributed by atoms with Crippen LogP contribution >= 0.6 is 15.9 Å². The lowest BCUT2D eigenvalue weighted by molar-refractivity contribution is -0.137. The Morgan fingerprint density at radius 3 is 2.57 bits per heavy atom. The van der Waals surface area contributed by atoms with E-state index in [2.05, 4.69) is 15.9 Å². The quantitative estimate of drug-likeness (QED) is 0.901. The number of rotatable bonds is 3. The minimum Gasteiger partial charge on any atom is -0.481 e. The highest BCUT2D eigenvalue weighted by atomic mass is 79.9. The lowest BCUT2D eigenvalue weighted by atomic mass is 9.93. The summed E-state index contributed by atoms with van der Waals surface area (Å²) >= 11 is 3.47. The first-order chi connectivity index (χ1) is 6.64. The van der Waals surface area contributed by atoms with Gasteiger partial charge in [-0.05, 0) is 24.5 Å². The van der Waals surface area contributed by atoms with E-state index < -0.39 is 5.97 Å². The van der Waals surface area contributed by atoms with Gasteiger partial charge >= 0.3 is 5.97 Å². The zero-order chi connectivity index (χ0) is 10.2. The molecule has 14 heavy (non-hydrogen) atoms. The molecular formula is C11H11BrO2. The van der Waals surface area contributed by atoms with Gasteiger partial charge in [0.15, 0.2) is 0 Å². The van der Waals surface area contributed by atoms with Gasteiger partial charge in [0.2, 0.25) is 0 Å². The summed E-state index contributed by atoms with van der Waals surface area (Å²) in [6, 6.07) is 7.89. The first-order valence-corrected chi connectivity index (χ1v) is 5.40. The van der Waals surface area contributed by atoms with E-state index in [1.54, 1.807) is 0 Å². The van der Waals surface area contributed by atoms with E-state index in [1.165, 1.54) is 0 Å². The molecule has 1 aromatic carbocycles. The summed E-state index contributed by atoms with van der Waals surface area (Å²) in [5.41, 5.74) is 1.05. The molecule has 1 saturated carbocycles. The second kappa shape index (κ2) is 3.39. The third-order valence-corrected chi connectivity index (χ3v) is 3.48. The molecule has 2 nitrogen and oxygen atoms in total. The molecule has 0 atom stereocenters. The first kappa shape index (κ1) is 9.71. The number of carboxylic acids is 1. The molecule has 1 aliphatic rings. The van der Waals surface area contributed by atoms with Crippen molar-refractivity contribution in [3.8, 4) is 0 Å². The topological polar surface area (TPSA) is 37.3 Å². The maximum absolute atomic E-state index is 10.7. The molecule has 1 fully saturated rings. The van der Waals surface area contributed by atoms with Crippen LogP contribution in [0.1, 0.15) is 24.8 Å². The van der Waals surface area contributed by atoms with Crippen molar-refractivity contribution in [3.05, 3.63) is 34.3 Å². The molecule has 1 N–H and O–H groups in total. The van der Waals surface area contributed by atoms with Gasteiger partial charge in [-0.15, -0.1) is 0 Å². The molecular weight excluding hydrogens is 244 g/mol. The van der Waals surface area contributed by atoms with Gasteiger partial charge in [0.05, 0.1) is 6.42 Å². The number of hydrogen-bond donors (Lipinski definition) is 1. The Hall–Kier alpha value is -0.830. The molecule has 0 aromatic heterocycles. The number of carbonyl (C=O) groups is 1. The smallest absolute Gasteiger partial charge is 0.304 e. The van der Waals surface area contributed by atoms with Gasteiger partial charge in [-0.1, -0.05) is 34.1 Å². The van der Waals surface area contributed by atoms with E-state index in [0.29, 0.717) is 0 Å². The minimum absolute atomic E-state index is 0.0913. The van der Waals surface area contributed by atoms with Gasteiger partial charge in [-0.25, -0.2) is 0 Å². The van der Waals surface area contributed by atoms with Crippen molar-refractivity contribution in [3.63, 3.8) is 0 Å². The van der Waals surface area contributed by atoms with E-state index in [0.717, 1.165) is 22.9 Å². The lowest BCUT2D eigenvalue weighted by Gasteiger charge is -2.14. The first-order valence-electron chi connectivity index (χ1n) is 4.61. The van der Waals surface area contributed by atoms with Gasteiger partial charge < -0.3 is 5.11 Å². The lowest BCUT2D eigenvalue weighted by Crippen LogP contribution is -2.13. The third-order valence-electron chi connectivity index (χ3n) is 2.79. The summed E-state index contributed by atoms with van der Waals surface area (Å²) in [7, 11) is 0. The van der Waals surface area contributed by atoms with Crippen molar-refractivity contribution < 1.29 is 9.90 Å². The Morgan fingerprint density at radius 1 is 1.43 bits per heavy atom. The molecule has 0 bridgehead atoms. The molecule has 3 heteroatoms. The van der Waals surface area contributed by atoms with Crippen LogP contribution in [0.2, 0.25) is 0 Å². The zero-order valence-electron chi connectivity index (χ0n) is 7.66. The zero-order valence-corrected chi connectivity index (χ0v) is 9.25. The fourth-order valence-electron chi connectivity index (χ4n) is 1.87. The molecule has 0 aliphatic heterocycles. The Balaban J connectivity index is 2.31. The molecule has 2 rings (SSSR count). The van der Waals surface area contributed by atoms with Crippen LogP contribution in [0.5, 0.6) is 0 Å². The van der Waals surface area contributed by atoms with Crippen LogP contribution in [0.25, 0.3) is 0 Å². The van der Waals surface area contributed by atoms with Crippen LogP contribution in [-0.4, -0.2) is 11.1 Å². The summed E-state index contributed by atoms with van der Waals surface area (Å²) in [6.07, 6.45) is 2.22. The van der Waals surface area contributed by atoms with Crippen molar-refractivity contribution >= 4 is 21.9 Å². The second-order valence-corrected chi connectivity index (χ2v) is 4.69. The van der Waals surface area contributed by atoms with Crippen molar-refractivity contribution in [2.45, 2.75) is 24.7 Å².